The van der Waals surface area contributed by atoms with Crippen LogP contribution < -0.4 is 10.6 Å². The highest BCUT2D eigenvalue weighted by Gasteiger charge is 2.41. The summed E-state index contributed by atoms with van der Waals surface area (Å²) in [5.74, 6) is -1.13. The van der Waals surface area contributed by atoms with Gasteiger partial charge in [-0.25, -0.2) is 4.39 Å². The average Bonchev–Trinajstić information content (AvgIpc) is 3.79. The van der Waals surface area contributed by atoms with Crippen LogP contribution >= 0.6 is 34.8 Å². The van der Waals surface area contributed by atoms with Crippen LogP contribution in [0.3, 0.4) is 0 Å². The number of imide groups is 2. The summed E-state index contributed by atoms with van der Waals surface area (Å²) in [4.78, 5) is 81.1. The van der Waals surface area contributed by atoms with E-state index in [4.69, 9.17) is 34.8 Å². The molecule has 0 saturated carbocycles. The molecule has 2 unspecified atom stereocenters. The maximum Gasteiger partial charge on any atom is 0.255 e. The van der Waals surface area contributed by atoms with Gasteiger partial charge in [0.05, 0.1) is 5.02 Å². The Kier molecular flexibility index (Phi) is 13.6. The van der Waals surface area contributed by atoms with Crippen molar-refractivity contribution in [2.24, 2.45) is 0 Å². The third kappa shape index (κ3) is 10.1. The third-order valence-electron chi connectivity index (χ3n) is 13.9. The monoisotopic (exact) mass is 954 g/mol. The second-order valence-corrected chi connectivity index (χ2v) is 19.5. The third-order valence-corrected chi connectivity index (χ3v) is 14.7. The first-order valence-electron chi connectivity index (χ1n) is 22.6. The largest absolute Gasteiger partial charge is 0.322 e. The molecule has 16 heteroatoms. The predicted octanol–water partition coefficient (Wildman–Crippen LogP) is 7.75. The van der Waals surface area contributed by atoms with Crippen LogP contribution in [0, 0.1) is 5.82 Å². The summed E-state index contributed by atoms with van der Waals surface area (Å²) in [6.07, 6.45) is 5.32. The molecule has 6 amide bonds. The number of carbonyl (C=O) groups excluding carboxylic acids is 6. The lowest BCUT2D eigenvalue weighted by Gasteiger charge is -2.32. The number of piperidine rings is 4. The lowest BCUT2D eigenvalue weighted by Crippen LogP contribution is -2.52. The van der Waals surface area contributed by atoms with Gasteiger partial charge in [0.2, 0.25) is 23.6 Å². The van der Waals surface area contributed by atoms with Crippen molar-refractivity contribution in [2.75, 3.05) is 26.2 Å². The Morgan fingerprint density at radius 3 is 1.42 bits per heavy atom. The van der Waals surface area contributed by atoms with Crippen LogP contribution in [0.25, 0.3) is 0 Å². The molecule has 0 bridgehead atoms. The Bertz CT molecular complexity index is 2590. The van der Waals surface area contributed by atoms with Gasteiger partial charge in [-0.15, -0.1) is 0 Å². The Balaban J connectivity index is 0.000000166. The van der Waals surface area contributed by atoms with Crippen molar-refractivity contribution < 1.29 is 33.2 Å². The van der Waals surface area contributed by atoms with Gasteiger partial charge < -0.3 is 9.80 Å². The minimum atomic E-state index is -0.591. The minimum absolute atomic E-state index is 0.124. The number of amides is 6. The molecule has 2 N–H and O–H groups in total. The predicted molar refractivity (Wildman–Crippen MR) is 247 cm³/mol. The summed E-state index contributed by atoms with van der Waals surface area (Å²) in [6, 6.07) is 21.6. The van der Waals surface area contributed by atoms with Crippen LogP contribution in [0.1, 0.15) is 117 Å². The van der Waals surface area contributed by atoms with Gasteiger partial charge in [-0.2, -0.15) is 0 Å². The molecular weight excluding hydrogens is 906 g/mol. The normalized spacial score (nSPS) is 21.9. The molecule has 6 aliphatic heterocycles. The molecule has 344 valence electrons. The topological polar surface area (TPSA) is 139 Å². The lowest BCUT2D eigenvalue weighted by atomic mass is 9.87. The molecule has 4 aromatic carbocycles. The van der Waals surface area contributed by atoms with Crippen molar-refractivity contribution in [1.29, 1.82) is 0 Å². The fourth-order valence-electron chi connectivity index (χ4n) is 10.4. The Labute approximate surface area is 397 Å². The zero-order chi connectivity index (χ0) is 46.2. The van der Waals surface area contributed by atoms with Crippen molar-refractivity contribution in [2.45, 2.75) is 101 Å². The van der Waals surface area contributed by atoms with Crippen molar-refractivity contribution in [3.8, 4) is 0 Å². The first-order chi connectivity index (χ1) is 31.8. The van der Waals surface area contributed by atoms with Crippen LogP contribution in [-0.4, -0.2) is 93.3 Å². The minimum Gasteiger partial charge on any atom is -0.322 e. The summed E-state index contributed by atoms with van der Waals surface area (Å²) < 4.78 is 13.7. The number of rotatable bonds is 8. The molecule has 0 aromatic heterocycles. The quantitative estimate of drug-likeness (QED) is 0.171. The van der Waals surface area contributed by atoms with Gasteiger partial charge >= 0.3 is 0 Å². The SMILES string of the molecule is O=C1CCC(N2Cc3cc(C4CCN(Cc5cc(Cl)cc(Cl)c5)CC4)ccc3C2=O)C(=O)N1.O=C1CCC(N2Cc3cc(C4CCN(Cc5ccc(Cl)c(F)c5)CC4)ccc3C2=O)C(=O)N1. The number of hydrogen-bond donors (Lipinski definition) is 2. The lowest BCUT2D eigenvalue weighted by molar-refractivity contribution is -0.138. The molecule has 4 saturated heterocycles. The molecule has 2 atom stereocenters. The highest BCUT2D eigenvalue weighted by Crippen LogP contribution is 2.36. The maximum absolute atomic E-state index is 13.7. The van der Waals surface area contributed by atoms with E-state index in [-0.39, 0.29) is 59.1 Å². The number of halogens is 4. The van der Waals surface area contributed by atoms with E-state index in [2.05, 4.69) is 38.6 Å². The molecule has 6 aliphatic rings. The summed E-state index contributed by atoms with van der Waals surface area (Å²) in [5.41, 5.74) is 7.72. The van der Waals surface area contributed by atoms with Gasteiger partial charge in [0.1, 0.15) is 17.9 Å². The zero-order valence-corrected chi connectivity index (χ0v) is 38.6. The molecule has 0 spiro atoms. The van der Waals surface area contributed by atoms with Gasteiger partial charge in [0, 0.05) is 60.2 Å². The van der Waals surface area contributed by atoms with E-state index in [1.165, 1.54) is 17.2 Å². The van der Waals surface area contributed by atoms with Gasteiger partial charge in [-0.05, 0) is 152 Å². The standard InChI is InChI=1S/C25H25Cl2N3O3.C25H25ClFN3O3/c26-19-9-15(10-20(27)12-19)13-29-7-5-16(6-8-29)17-1-2-21-18(11-17)14-30(25(21)33)22-3-4-23(31)28-24(22)32;26-20-4-1-15(11-21(20)27)13-29-9-7-16(8-10-29)17-2-3-19-18(12-17)14-30(25(19)33)22-5-6-23(31)28-24(22)32/h1-2,9-12,16,22H,3-8,13-14H2,(H,28,31,32);1-4,11-12,16,22H,5-10,13-14H2,(H,28,31,32). The van der Waals surface area contributed by atoms with Crippen LogP contribution in [0.5, 0.6) is 0 Å². The molecule has 4 fully saturated rings. The number of benzene rings is 4. The molecule has 0 radical (unpaired) electrons. The summed E-state index contributed by atoms with van der Waals surface area (Å²) in [5, 5.41) is 6.15. The van der Waals surface area contributed by atoms with Crippen molar-refractivity contribution >= 4 is 70.2 Å². The van der Waals surface area contributed by atoms with Crippen molar-refractivity contribution in [3.05, 3.63) is 138 Å². The van der Waals surface area contributed by atoms with Crippen LogP contribution in [-0.2, 0) is 45.4 Å². The van der Waals surface area contributed by atoms with E-state index in [0.717, 1.165) is 80.7 Å². The number of nitrogens with one attached hydrogen (secondary N) is 2. The van der Waals surface area contributed by atoms with E-state index in [1.807, 2.05) is 36.4 Å². The van der Waals surface area contributed by atoms with Gasteiger partial charge in [0.15, 0.2) is 0 Å². The fourth-order valence-corrected chi connectivity index (χ4v) is 11.1. The summed E-state index contributed by atoms with van der Waals surface area (Å²) in [6.45, 7) is 6.12. The second kappa shape index (κ2) is 19.6. The first kappa shape index (κ1) is 46.0. The zero-order valence-electron chi connectivity index (χ0n) is 36.3. The van der Waals surface area contributed by atoms with Crippen molar-refractivity contribution in [1.82, 2.24) is 30.2 Å². The molecule has 10 rings (SSSR count). The number of hydrogen-bond acceptors (Lipinski definition) is 8. The average molecular weight is 956 g/mol. The van der Waals surface area contributed by atoms with Gasteiger partial charge in [-0.3, -0.25) is 49.2 Å². The molecule has 4 aromatic rings. The fraction of sp³-hybridized carbons (Fsp3) is 0.400. The second-order valence-electron chi connectivity index (χ2n) is 18.3. The van der Waals surface area contributed by atoms with Crippen LogP contribution in [0.2, 0.25) is 15.1 Å². The van der Waals surface area contributed by atoms with E-state index < -0.39 is 12.1 Å². The maximum atomic E-state index is 13.7. The molecule has 66 heavy (non-hydrogen) atoms. The highest BCUT2D eigenvalue weighted by atomic mass is 35.5. The van der Waals surface area contributed by atoms with E-state index in [9.17, 15) is 33.2 Å². The molecule has 0 aliphatic carbocycles. The van der Waals surface area contributed by atoms with E-state index in [1.54, 1.807) is 21.9 Å². The van der Waals surface area contributed by atoms with Gasteiger partial charge in [0.25, 0.3) is 11.8 Å². The first-order valence-corrected chi connectivity index (χ1v) is 23.8. The Morgan fingerprint density at radius 2 is 0.985 bits per heavy atom. The Morgan fingerprint density at radius 1 is 0.530 bits per heavy atom. The number of likely N-dealkylation sites (tertiary alicyclic amines) is 2. The van der Waals surface area contributed by atoms with E-state index >= 15 is 0 Å². The smallest absolute Gasteiger partial charge is 0.255 e. The van der Waals surface area contributed by atoms with Crippen LogP contribution in [0.4, 0.5) is 4.39 Å². The van der Waals surface area contributed by atoms with Crippen LogP contribution in [0.15, 0.2) is 72.8 Å². The number of nitrogens with zero attached hydrogens (tertiary/aromatic N) is 4. The number of carbonyl (C=O) groups is 6. The molecular formula is C50H50Cl3FN6O6. The molecule has 6 heterocycles. The highest BCUT2D eigenvalue weighted by molar-refractivity contribution is 6.34. The summed E-state index contributed by atoms with van der Waals surface area (Å²) >= 11 is 18.0. The Hall–Kier alpha value is -5.18. The molecule has 12 nitrogen and oxygen atoms in total. The number of fused-ring (bicyclic) bond motifs is 2. The van der Waals surface area contributed by atoms with E-state index in [0.29, 0.717) is 65.5 Å². The van der Waals surface area contributed by atoms with Crippen molar-refractivity contribution in [3.63, 3.8) is 0 Å². The van der Waals surface area contributed by atoms with Gasteiger partial charge in [-0.1, -0.05) is 65.1 Å². The summed E-state index contributed by atoms with van der Waals surface area (Å²) in [7, 11) is 0.